The summed E-state index contributed by atoms with van der Waals surface area (Å²) in [6.45, 7) is -0.699. The smallest absolute Gasteiger partial charge is 0.329 e. The van der Waals surface area contributed by atoms with E-state index in [1.165, 1.54) is 25.4 Å². The van der Waals surface area contributed by atoms with Crippen molar-refractivity contribution in [2.75, 3.05) is 13.7 Å². The third-order valence-corrected chi connectivity index (χ3v) is 2.73. The van der Waals surface area contributed by atoms with Gasteiger partial charge in [-0.2, -0.15) is 5.10 Å². The number of likely N-dealkylation sites (N-methyl/N-ethyl adjacent to an activating group) is 1. The number of benzene rings is 1. The lowest BCUT2D eigenvalue weighted by Crippen LogP contribution is -2.35. The maximum absolute atomic E-state index is 11.1. The SMILES string of the molecule is CNC(=O)C(=O)N/N=C\c1cc(Cl)c(OCC(=O)[O-])c(Cl)c1. The van der Waals surface area contributed by atoms with Crippen LogP contribution < -0.4 is 20.6 Å². The number of carbonyl (C=O) groups excluding carboxylic acids is 3. The van der Waals surface area contributed by atoms with E-state index in [2.05, 4.69) is 10.4 Å². The van der Waals surface area contributed by atoms with E-state index in [0.29, 0.717) is 5.56 Å². The quantitative estimate of drug-likeness (QED) is 0.415. The number of ether oxygens (including phenoxy) is 1. The topological polar surface area (TPSA) is 120 Å². The molecular formula is C12H10Cl2N3O5-. The Morgan fingerprint density at radius 2 is 1.86 bits per heavy atom. The summed E-state index contributed by atoms with van der Waals surface area (Å²) in [5, 5.41) is 16.1. The third-order valence-electron chi connectivity index (χ3n) is 2.17. The largest absolute Gasteiger partial charge is 0.546 e. The number of amides is 2. The van der Waals surface area contributed by atoms with E-state index in [0.717, 1.165) is 0 Å². The van der Waals surface area contributed by atoms with Gasteiger partial charge in [0.25, 0.3) is 0 Å². The molecule has 0 aromatic heterocycles. The molecule has 10 heteroatoms. The zero-order valence-corrected chi connectivity index (χ0v) is 12.7. The molecule has 0 aliphatic carbocycles. The lowest BCUT2D eigenvalue weighted by molar-refractivity contribution is -0.307. The number of rotatable bonds is 5. The first-order chi connectivity index (χ1) is 10.3. The molecule has 22 heavy (non-hydrogen) atoms. The molecule has 2 amide bonds. The van der Waals surface area contributed by atoms with Crippen molar-refractivity contribution in [1.82, 2.24) is 10.7 Å². The lowest BCUT2D eigenvalue weighted by atomic mass is 10.2. The van der Waals surface area contributed by atoms with Gasteiger partial charge in [-0.1, -0.05) is 23.2 Å². The molecule has 0 spiro atoms. The van der Waals surface area contributed by atoms with Gasteiger partial charge in [0.1, 0.15) is 6.61 Å². The Labute approximate surface area is 135 Å². The number of nitrogens with one attached hydrogen (secondary N) is 2. The van der Waals surface area contributed by atoms with Crippen molar-refractivity contribution in [3.05, 3.63) is 27.7 Å². The average Bonchev–Trinajstić information content (AvgIpc) is 2.45. The van der Waals surface area contributed by atoms with Crippen LogP contribution in [-0.2, 0) is 14.4 Å². The molecular weight excluding hydrogens is 337 g/mol. The Morgan fingerprint density at radius 3 is 2.36 bits per heavy atom. The van der Waals surface area contributed by atoms with Gasteiger partial charge in [-0.15, -0.1) is 0 Å². The van der Waals surface area contributed by atoms with Gasteiger partial charge in [-0.25, -0.2) is 5.43 Å². The van der Waals surface area contributed by atoms with Crippen molar-refractivity contribution >= 4 is 47.2 Å². The van der Waals surface area contributed by atoms with Gasteiger partial charge in [-0.3, -0.25) is 9.59 Å². The zero-order valence-electron chi connectivity index (χ0n) is 11.2. The van der Waals surface area contributed by atoms with Crippen LogP contribution in [0.25, 0.3) is 0 Å². The second-order valence-corrected chi connectivity index (χ2v) is 4.57. The fraction of sp³-hybridized carbons (Fsp3) is 0.167. The number of nitrogens with zero attached hydrogens (tertiary/aromatic N) is 1. The first-order valence-corrected chi connectivity index (χ1v) is 6.47. The predicted molar refractivity (Wildman–Crippen MR) is 76.8 cm³/mol. The van der Waals surface area contributed by atoms with Crippen LogP contribution in [0.5, 0.6) is 5.75 Å². The van der Waals surface area contributed by atoms with Crippen LogP contribution in [0, 0.1) is 0 Å². The Balaban J connectivity index is 2.79. The highest BCUT2D eigenvalue weighted by molar-refractivity contribution is 6.37. The zero-order chi connectivity index (χ0) is 16.7. The van der Waals surface area contributed by atoms with E-state index >= 15 is 0 Å². The molecule has 2 N–H and O–H groups in total. The minimum atomic E-state index is -1.42. The molecule has 118 valence electrons. The van der Waals surface area contributed by atoms with Crippen molar-refractivity contribution < 1.29 is 24.2 Å². The average molecular weight is 347 g/mol. The van der Waals surface area contributed by atoms with Gasteiger partial charge < -0.3 is 20.0 Å². The van der Waals surface area contributed by atoms with Crippen molar-refractivity contribution in [3.8, 4) is 5.75 Å². The molecule has 0 unspecified atom stereocenters. The predicted octanol–water partition coefficient (Wildman–Crippen LogP) is -0.682. The van der Waals surface area contributed by atoms with E-state index < -0.39 is 24.4 Å². The number of aliphatic carboxylic acids is 1. The lowest BCUT2D eigenvalue weighted by Gasteiger charge is -2.10. The molecule has 0 aliphatic rings. The number of carbonyl (C=O) groups is 3. The fourth-order valence-corrected chi connectivity index (χ4v) is 1.87. The highest BCUT2D eigenvalue weighted by atomic mass is 35.5. The molecule has 0 bridgehead atoms. The van der Waals surface area contributed by atoms with Crippen LogP contribution in [0.3, 0.4) is 0 Å². The third kappa shape index (κ3) is 5.23. The summed E-state index contributed by atoms with van der Waals surface area (Å²) in [6, 6.07) is 2.77. The van der Waals surface area contributed by atoms with Crippen LogP contribution in [0.4, 0.5) is 0 Å². The summed E-state index contributed by atoms with van der Waals surface area (Å²) in [6.07, 6.45) is 1.20. The van der Waals surface area contributed by atoms with Gasteiger partial charge >= 0.3 is 11.8 Å². The summed E-state index contributed by atoms with van der Waals surface area (Å²) >= 11 is 11.8. The first-order valence-electron chi connectivity index (χ1n) is 5.72. The highest BCUT2D eigenvalue weighted by Crippen LogP contribution is 2.33. The minimum Gasteiger partial charge on any atom is -0.546 e. The summed E-state index contributed by atoms with van der Waals surface area (Å²) in [4.78, 5) is 32.4. The first kappa shape index (κ1) is 17.7. The summed E-state index contributed by atoms with van der Waals surface area (Å²) in [5.74, 6) is -3.22. The monoisotopic (exact) mass is 346 g/mol. The number of carboxylic acid groups (broad SMARTS) is 1. The molecule has 1 rings (SSSR count). The number of halogens is 2. The molecule has 0 aliphatic heterocycles. The number of hydrogen-bond donors (Lipinski definition) is 2. The molecule has 0 fully saturated rings. The van der Waals surface area contributed by atoms with Crippen molar-refractivity contribution in [2.24, 2.45) is 5.10 Å². The van der Waals surface area contributed by atoms with Gasteiger partial charge in [0, 0.05) is 7.05 Å². The maximum atomic E-state index is 11.1. The van der Waals surface area contributed by atoms with Gasteiger partial charge in [0.05, 0.1) is 22.2 Å². The molecule has 0 radical (unpaired) electrons. The number of hydrazone groups is 1. The van der Waals surface area contributed by atoms with E-state index in [4.69, 9.17) is 27.9 Å². The van der Waals surface area contributed by atoms with Crippen LogP contribution >= 0.6 is 23.2 Å². The van der Waals surface area contributed by atoms with E-state index in [1.807, 2.05) is 5.43 Å². The van der Waals surface area contributed by atoms with Gasteiger partial charge in [0.2, 0.25) is 0 Å². The second kappa shape index (κ2) is 8.20. The van der Waals surface area contributed by atoms with E-state index in [9.17, 15) is 19.5 Å². The van der Waals surface area contributed by atoms with Crippen LogP contribution in [0.15, 0.2) is 17.2 Å². The molecule has 0 saturated heterocycles. The molecule has 8 nitrogen and oxygen atoms in total. The Kier molecular flexibility index (Phi) is 6.61. The van der Waals surface area contributed by atoms with Gasteiger partial charge in [0.15, 0.2) is 5.75 Å². The molecule has 0 saturated carbocycles. The van der Waals surface area contributed by atoms with E-state index in [1.54, 1.807) is 0 Å². The minimum absolute atomic E-state index is 0.0147. The molecule has 0 heterocycles. The van der Waals surface area contributed by atoms with Gasteiger partial charge in [-0.05, 0) is 17.7 Å². The Hall–Kier alpha value is -2.32. The van der Waals surface area contributed by atoms with Crippen molar-refractivity contribution in [1.29, 1.82) is 0 Å². The summed E-state index contributed by atoms with van der Waals surface area (Å²) < 4.78 is 4.88. The van der Waals surface area contributed by atoms with Crippen molar-refractivity contribution in [3.63, 3.8) is 0 Å². The van der Waals surface area contributed by atoms with Crippen LogP contribution in [0.1, 0.15) is 5.56 Å². The van der Waals surface area contributed by atoms with E-state index in [-0.39, 0.29) is 15.8 Å². The summed E-state index contributed by atoms with van der Waals surface area (Å²) in [7, 11) is 1.30. The summed E-state index contributed by atoms with van der Waals surface area (Å²) in [5.41, 5.74) is 2.39. The molecule has 0 atom stereocenters. The fourth-order valence-electron chi connectivity index (χ4n) is 1.25. The highest BCUT2D eigenvalue weighted by Gasteiger charge is 2.11. The van der Waals surface area contributed by atoms with Crippen LogP contribution in [0.2, 0.25) is 10.0 Å². The molecule has 1 aromatic rings. The number of carboxylic acids is 1. The van der Waals surface area contributed by atoms with Crippen LogP contribution in [-0.4, -0.2) is 37.7 Å². The molecule has 1 aromatic carbocycles. The normalized spacial score (nSPS) is 10.3. The number of hydrogen-bond acceptors (Lipinski definition) is 6. The Morgan fingerprint density at radius 1 is 1.27 bits per heavy atom. The maximum Gasteiger partial charge on any atom is 0.329 e. The standard InChI is InChI=1S/C12H11Cl2N3O5/c1-15-11(20)12(21)17-16-4-6-2-7(13)10(8(14)3-6)22-5-9(18)19/h2-4H,5H2,1H3,(H,15,20)(H,17,21)(H,18,19)/p-1/b16-4-. The second-order valence-electron chi connectivity index (χ2n) is 3.75. The van der Waals surface area contributed by atoms with Crippen molar-refractivity contribution in [2.45, 2.75) is 0 Å². The Bertz CT molecular complexity index is 610.